The summed E-state index contributed by atoms with van der Waals surface area (Å²) in [7, 11) is -4.31. The summed E-state index contributed by atoms with van der Waals surface area (Å²) in [6.45, 7) is 2.74. The van der Waals surface area contributed by atoms with Crippen LogP contribution in [-0.4, -0.2) is 50.0 Å². The largest absolute Gasteiger partial charge is 0.416 e. The molecule has 0 heterocycles. The molecule has 2 amide bonds. The second kappa shape index (κ2) is 14.6. The smallest absolute Gasteiger partial charge is 0.352 e. The number of halogens is 5. The lowest BCUT2D eigenvalue weighted by atomic mass is 10.0. The van der Waals surface area contributed by atoms with E-state index in [9.17, 15) is 31.2 Å². The predicted molar refractivity (Wildman–Crippen MR) is 165 cm³/mol. The van der Waals surface area contributed by atoms with Crippen molar-refractivity contribution in [2.75, 3.05) is 17.1 Å². The van der Waals surface area contributed by atoms with E-state index in [1.807, 2.05) is 19.9 Å². The summed E-state index contributed by atoms with van der Waals surface area (Å²) in [5.41, 5.74) is -0.232. The molecule has 3 aromatic carbocycles. The molecule has 0 aromatic heterocycles. The Kier molecular flexibility index (Phi) is 11.7. The maximum Gasteiger partial charge on any atom is 0.416 e. The van der Waals surface area contributed by atoms with Crippen LogP contribution in [0.5, 0.6) is 0 Å². The molecule has 0 unspecified atom stereocenters. The first-order valence-electron chi connectivity index (χ1n) is 13.3. The summed E-state index contributed by atoms with van der Waals surface area (Å²) in [5.74, 6) is -1.26. The summed E-state index contributed by atoms with van der Waals surface area (Å²) in [4.78, 5) is 29.0. The number of benzene rings is 3. The van der Waals surface area contributed by atoms with E-state index in [0.29, 0.717) is 22.4 Å². The highest BCUT2D eigenvalue weighted by atomic mass is 79.9. The molecule has 0 radical (unpaired) electrons. The maximum absolute atomic E-state index is 14.1. The van der Waals surface area contributed by atoms with Crippen molar-refractivity contribution < 1.29 is 31.2 Å². The molecule has 0 aliphatic rings. The molecule has 0 bridgehead atoms. The molecule has 0 aliphatic heterocycles. The van der Waals surface area contributed by atoms with E-state index >= 15 is 0 Å². The van der Waals surface area contributed by atoms with E-state index in [0.717, 1.165) is 28.4 Å². The Hall–Kier alpha value is -3.09. The van der Waals surface area contributed by atoms with Gasteiger partial charge in [-0.25, -0.2) is 8.42 Å². The Balaban J connectivity index is 2.11. The Morgan fingerprint density at radius 2 is 1.63 bits per heavy atom. The van der Waals surface area contributed by atoms with Crippen molar-refractivity contribution in [3.8, 4) is 0 Å². The van der Waals surface area contributed by atoms with Crippen molar-refractivity contribution in [3.63, 3.8) is 0 Å². The van der Waals surface area contributed by atoms with Crippen LogP contribution in [0, 0.1) is 0 Å². The van der Waals surface area contributed by atoms with Crippen LogP contribution in [0.4, 0.5) is 18.9 Å². The molecule has 2 atom stereocenters. The van der Waals surface area contributed by atoms with Crippen LogP contribution < -0.4 is 9.62 Å². The fourth-order valence-electron chi connectivity index (χ4n) is 4.26. The van der Waals surface area contributed by atoms with Crippen molar-refractivity contribution >= 4 is 55.1 Å². The predicted octanol–water partition coefficient (Wildman–Crippen LogP) is 6.44. The molecule has 232 valence electrons. The Labute approximate surface area is 263 Å². The Morgan fingerprint density at radius 3 is 2.19 bits per heavy atom. The summed E-state index contributed by atoms with van der Waals surface area (Å²) >= 11 is 9.55. The van der Waals surface area contributed by atoms with Crippen molar-refractivity contribution in [1.82, 2.24) is 10.2 Å². The first kappa shape index (κ1) is 34.4. The number of carbonyl (C=O) groups is 2. The molecule has 43 heavy (non-hydrogen) atoms. The highest BCUT2D eigenvalue weighted by Gasteiger charge is 2.36. The Morgan fingerprint density at radius 1 is 1.00 bits per heavy atom. The van der Waals surface area contributed by atoms with Crippen LogP contribution in [-0.2, 0) is 38.8 Å². The highest BCUT2D eigenvalue weighted by Crippen LogP contribution is 2.36. The SMILES string of the molecule is CC[C@H](C)NC(=O)[C@H](Cc1ccccc1)N(Cc1ccc(Br)cc1)C(=O)CN(c1cc(C(F)(F)F)ccc1Cl)S(C)(=O)=O. The number of carbonyl (C=O) groups excluding carboxylic acids is 2. The van der Waals surface area contributed by atoms with Gasteiger partial charge >= 0.3 is 6.18 Å². The van der Waals surface area contributed by atoms with Crippen LogP contribution >= 0.6 is 27.5 Å². The second-order valence-corrected chi connectivity index (χ2v) is 13.3. The first-order chi connectivity index (χ1) is 20.1. The lowest BCUT2D eigenvalue weighted by Gasteiger charge is -2.34. The van der Waals surface area contributed by atoms with Gasteiger partial charge in [-0.2, -0.15) is 13.2 Å². The third-order valence-electron chi connectivity index (χ3n) is 6.76. The van der Waals surface area contributed by atoms with Gasteiger partial charge in [0.05, 0.1) is 22.5 Å². The van der Waals surface area contributed by atoms with Gasteiger partial charge in [0, 0.05) is 23.5 Å². The number of rotatable bonds is 12. The third-order valence-corrected chi connectivity index (χ3v) is 8.73. The van der Waals surface area contributed by atoms with Crippen molar-refractivity contribution in [1.29, 1.82) is 0 Å². The molecule has 13 heteroatoms. The number of sulfonamides is 1. The summed E-state index contributed by atoms with van der Waals surface area (Å²) in [6, 6.07) is 17.0. The molecule has 7 nitrogen and oxygen atoms in total. The average molecular weight is 703 g/mol. The van der Waals surface area contributed by atoms with Crippen LogP contribution in [0.3, 0.4) is 0 Å². The molecule has 1 N–H and O–H groups in total. The van der Waals surface area contributed by atoms with E-state index in [1.165, 1.54) is 4.90 Å². The summed E-state index contributed by atoms with van der Waals surface area (Å²) in [6.07, 6.45) is -3.28. The standard InChI is InChI=1S/C30H32BrClF3N3O4S/c1-4-20(2)36-29(40)27(16-21-8-6-5-7-9-21)37(18-22-10-13-24(31)14-11-22)28(39)19-38(43(3,41)42)26-17-23(30(33,34)35)12-15-25(26)32/h5-15,17,20,27H,4,16,18-19H2,1-3H3,(H,36,40)/t20-,27-/m0/s1. The van der Waals surface area contributed by atoms with Crippen LogP contribution in [0.1, 0.15) is 37.0 Å². The van der Waals surface area contributed by atoms with Gasteiger partial charge in [0.15, 0.2) is 0 Å². The lowest BCUT2D eigenvalue weighted by Crippen LogP contribution is -2.54. The molecule has 0 saturated heterocycles. The number of alkyl halides is 3. The molecule has 0 fully saturated rings. The molecule has 0 saturated carbocycles. The van der Waals surface area contributed by atoms with E-state index in [-0.39, 0.29) is 24.0 Å². The normalized spacial score (nSPS) is 13.2. The number of nitrogens with one attached hydrogen (secondary N) is 1. The molecular formula is C30H32BrClF3N3O4S. The van der Waals surface area contributed by atoms with Gasteiger partial charge in [-0.15, -0.1) is 0 Å². The minimum absolute atomic E-state index is 0.0779. The molecule has 0 spiro atoms. The molecule has 0 aliphatic carbocycles. The van der Waals surface area contributed by atoms with Gasteiger partial charge in [0.25, 0.3) is 0 Å². The zero-order valence-corrected chi connectivity index (χ0v) is 26.9. The quantitative estimate of drug-likeness (QED) is 0.236. The fraction of sp³-hybridized carbons (Fsp3) is 0.333. The molecule has 3 rings (SSSR count). The topological polar surface area (TPSA) is 86.8 Å². The highest BCUT2D eigenvalue weighted by molar-refractivity contribution is 9.10. The number of anilines is 1. The minimum Gasteiger partial charge on any atom is -0.352 e. The number of nitrogens with zero attached hydrogens (tertiary/aromatic N) is 2. The first-order valence-corrected chi connectivity index (χ1v) is 16.3. The van der Waals surface area contributed by atoms with Gasteiger partial charge in [0.2, 0.25) is 21.8 Å². The molecular weight excluding hydrogens is 671 g/mol. The van der Waals surface area contributed by atoms with E-state index in [2.05, 4.69) is 21.2 Å². The Bertz CT molecular complexity index is 1520. The van der Waals surface area contributed by atoms with E-state index in [4.69, 9.17) is 11.6 Å². The van der Waals surface area contributed by atoms with Crippen molar-refractivity contribution in [3.05, 3.63) is 99.0 Å². The number of amides is 2. The van der Waals surface area contributed by atoms with Gasteiger partial charge in [-0.05, 0) is 54.8 Å². The summed E-state index contributed by atoms with van der Waals surface area (Å²) < 4.78 is 67.7. The third kappa shape index (κ3) is 9.70. The minimum atomic E-state index is -4.78. The van der Waals surface area contributed by atoms with Gasteiger partial charge in [-0.1, -0.05) is 76.9 Å². The zero-order valence-electron chi connectivity index (χ0n) is 23.7. The van der Waals surface area contributed by atoms with Crippen LogP contribution in [0.15, 0.2) is 77.3 Å². The zero-order chi connectivity index (χ0) is 31.9. The molecule has 3 aromatic rings. The summed E-state index contributed by atoms with van der Waals surface area (Å²) in [5, 5.41) is 2.62. The van der Waals surface area contributed by atoms with Gasteiger partial charge < -0.3 is 10.2 Å². The van der Waals surface area contributed by atoms with Gasteiger partial charge in [0.1, 0.15) is 12.6 Å². The van der Waals surface area contributed by atoms with Crippen LogP contribution in [0.25, 0.3) is 0 Å². The average Bonchev–Trinajstić information content (AvgIpc) is 2.94. The van der Waals surface area contributed by atoms with Gasteiger partial charge in [-0.3, -0.25) is 13.9 Å². The van der Waals surface area contributed by atoms with Crippen LogP contribution in [0.2, 0.25) is 5.02 Å². The van der Waals surface area contributed by atoms with Crippen molar-refractivity contribution in [2.45, 2.75) is 51.5 Å². The number of hydrogen-bond donors (Lipinski definition) is 1. The van der Waals surface area contributed by atoms with E-state index < -0.39 is 51.9 Å². The fourth-order valence-corrected chi connectivity index (χ4v) is 5.64. The van der Waals surface area contributed by atoms with Crippen molar-refractivity contribution in [2.24, 2.45) is 0 Å². The van der Waals surface area contributed by atoms with E-state index in [1.54, 1.807) is 48.5 Å². The second-order valence-electron chi connectivity index (χ2n) is 10.1. The monoisotopic (exact) mass is 701 g/mol. The lowest BCUT2D eigenvalue weighted by molar-refractivity contribution is -0.140. The number of hydrogen-bond acceptors (Lipinski definition) is 4. The maximum atomic E-state index is 14.1.